The number of rotatable bonds is 12. The Morgan fingerprint density at radius 1 is 0.721 bits per heavy atom. The first-order valence-electron chi connectivity index (χ1n) is 14.9. The fraction of sp³-hybridized carbons (Fsp3) is 0.486. The smallest absolute Gasteiger partial charge is 0.205 e. The average Bonchev–Trinajstić information content (AvgIpc) is 2.96. The molecule has 0 spiro atoms. The van der Waals surface area contributed by atoms with Gasteiger partial charge in [0, 0.05) is 68.2 Å². The molecule has 0 saturated carbocycles. The lowest BCUT2D eigenvalue weighted by Gasteiger charge is -2.34. The van der Waals surface area contributed by atoms with Gasteiger partial charge < -0.3 is 37.9 Å². The highest BCUT2D eigenvalue weighted by atomic mass is 16.7. The molecule has 0 unspecified atom stereocenters. The molecule has 5 rings (SSSR count). The molecule has 2 heterocycles. The highest BCUT2D eigenvalue weighted by Gasteiger charge is 2.30. The Bertz CT molecular complexity index is 1430. The molecule has 0 saturated heterocycles. The summed E-state index contributed by atoms with van der Waals surface area (Å²) in [7, 11) is 1.61. The van der Waals surface area contributed by atoms with Crippen molar-refractivity contribution in [3.8, 4) is 17.2 Å². The van der Waals surface area contributed by atoms with E-state index in [-0.39, 0.29) is 6.79 Å². The Labute approximate surface area is 255 Å². The lowest BCUT2D eigenvalue weighted by Crippen LogP contribution is -2.36. The number of benzene rings is 3. The summed E-state index contributed by atoms with van der Waals surface area (Å²) < 4.78 is 47.9. The van der Waals surface area contributed by atoms with Crippen LogP contribution in [0.2, 0.25) is 0 Å². The molecule has 0 fully saturated rings. The van der Waals surface area contributed by atoms with Crippen molar-refractivity contribution in [1.29, 1.82) is 0 Å². The number of fused-ring (bicyclic) bond motifs is 2. The monoisotopic (exact) mass is 592 g/mol. The van der Waals surface area contributed by atoms with Crippen LogP contribution in [0.4, 0.5) is 0 Å². The molecule has 3 aromatic carbocycles. The van der Waals surface area contributed by atoms with Crippen LogP contribution in [0.3, 0.4) is 0 Å². The van der Waals surface area contributed by atoms with Crippen LogP contribution in [0.25, 0.3) is 0 Å². The van der Waals surface area contributed by atoms with Crippen molar-refractivity contribution in [2.45, 2.75) is 99.2 Å². The molecule has 8 heteroatoms. The minimum Gasteiger partial charge on any atom is -0.467 e. The summed E-state index contributed by atoms with van der Waals surface area (Å²) >= 11 is 0. The molecule has 0 amide bonds. The maximum absolute atomic E-state index is 6.27. The highest BCUT2D eigenvalue weighted by Crippen LogP contribution is 2.38. The van der Waals surface area contributed by atoms with Gasteiger partial charge >= 0.3 is 0 Å². The van der Waals surface area contributed by atoms with Crippen LogP contribution in [0.1, 0.15) is 79.1 Å². The van der Waals surface area contributed by atoms with Crippen LogP contribution >= 0.6 is 0 Å². The summed E-state index contributed by atoms with van der Waals surface area (Å²) in [6.45, 7) is 14.6. The van der Waals surface area contributed by atoms with Gasteiger partial charge in [-0.3, -0.25) is 0 Å². The largest absolute Gasteiger partial charge is 0.467 e. The van der Waals surface area contributed by atoms with Gasteiger partial charge in [-0.25, -0.2) is 0 Å². The van der Waals surface area contributed by atoms with Gasteiger partial charge in [-0.1, -0.05) is 42.8 Å². The summed E-state index contributed by atoms with van der Waals surface area (Å²) in [5, 5.41) is 0. The maximum atomic E-state index is 6.27. The second-order valence-electron chi connectivity index (χ2n) is 12.0. The first-order valence-corrected chi connectivity index (χ1v) is 14.9. The minimum atomic E-state index is -0.682. The number of ether oxygens (including phenoxy) is 8. The van der Waals surface area contributed by atoms with E-state index in [4.69, 9.17) is 37.9 Å². The zero-order valence-corrected chi connectivity index (χ0v) is 26.5. The molecule has 43 heavy (non-hydrogen) atoms. The molecule has 2 aliphatic heterocycles. The standard InChI is InChI=1S/C35H44O8/c1-8-24-14-29(33-30(15-24)21-41-35(5,6)43-33)19-38-17-26-11-9-10-25(31(26)39-22-36-7)16-37-18-27-12-23(2)13-28-20-40-34(3,4)42-32(27)28/h9-15H,8,16-22H2,1-7H3. The predicted octanol–water partition coefficient (Wildman–Crippen LogP) is 7.26. The van der Waals surface area contributed by atoms with Crippen molar-refractivity contribution in [2.75, 3.05) is 13.9 Å². The van der Waals surface area contributed by atoms with Gasteiger partial charge in [0.15, 0.2) is 6.79 Å². The van der Waals surface area contributed by atoms with Crippen molar-refractivity contribution < 1.29 is 37.9 Å². The van der Waals surface area contributed by atoms with Crippen LogP contribution < -0.4 is 14.2 Å². The molecule has 3 aromatic rings. The lowest BCUT2D eigenvalue weighted by molar-refractivity contribution is -0.181. The minimum absolute atomic E-state index is 0.118. The van der Waals surface area contributed by atoms with E-state index < -0.39 is 11.6 Å². The van der Waals surface area contributed by atoms with E-state index in [2.05, 4.69) is 38.1 Å². The van der Waals surface area contributed by atoms with Crippen molar-refractivity contribution >= 4 is 0 Å². The fourth-order valence-corrected chi connectivity index (χ4v) is 5.41. The first-order chi connectivity index (χ1) is 20.6. The molecule has 0 radical (unpaired) electrons. The summed E-state index contributed by atoms with van der Waals surface area (Å²) in [4.78, 5) is 0. The van der Waals surface area contributed by atoms with Gasteiger partial charge in [-0.2, -0.15) is 0 Å². The third-order valence-electron chi connectivity index (χ3n) is 7.47. The zero-order chi connectivity index (χ0) is 30.6. The molecule has 8 nitrogen and oxygen atoms in total. The van der Waals surface area contributed by atoms with Crippen LogP contribution in [0.15, 0.2) is 42.5 Å². The third kappa shape index (κ3) is 7.69. The quantitative estimate of drug-likeness (QED) is 0.204. The normalized spacial score (nSPS) is 16.5. The SMILES string of the molecule is CCc1cc(COCc2cccc(COCc3cc(C)cc4c3OC(C)(C)OC4)c2OCOC)c2c(c1)COC(C)(C)O2. The third-order valence-corrected chi connectivity index (χ3v) is 7.47. The van der Waals surface area contributed by atoms with Gasteiger partial charge in [0.1, 0.15) is 17.2 Å². The van der Waals surface area contributed by atoms with E-state index in [1.807, 2.05) is 45.9 Å². The van der Waals surface area contributed by atoms with Crippen molar-refractivity contribution in [1.82, 2.24) is 0 Å². The maximum Gasteiger partial charge on any atom is 0.205 e. The first kappa shape index (κ1) is 31.3. The van der Waals surface area contributed by atoms with Gasteiger partial charge in [0.2, 0.25) is 11.6 Å². The van der Waals surface area contributed by atoms with Crippen molar-refractivity contribution in [2.24, 2.45) is 0 Å². The van der Waals surface area contributed by atoms with E-state index in [0.717, 1.165) is 56.9 Å². The summed E-state index contributed by atoms with van der Waals surface area (Å²) in [6.07, 6.45) is 0.920. The number of hydrogen-bond donors (Lipinski definition) is 0. The number of para-hydroxylation sites is 1. The Morgan fingerprint density at radius 3 is 1.81 bits per heavy atom. The van der Waals surface area contributed by atoms with Crippen LogP contribution in [-0.4, -0.2) is 25.5 Å². The molecule has 0 bridgehead atoms. The van der Waals surface area contributed by atoms with E-state index in [1.54, 1.807) is 7.11 Å². The summed E-state index contributed by atoms with van der Waals surface area (Å²) in [5.41, 5.74) is 8.30. The highest BCUT2D eigenvalue weighted by molar-refractivity contribution is 5.47. The molecule has 0 atom stereocenters. The molecular weight excluding hydrogens is 548 g/mol. The number of aryl methyl sites for hydroxylation is 2. The van der Waals surface area contributed by atoms with Crippen LogP contribution in [0.5, 0.6) is 17.2 Å². The Balaban J connectivity index is 1.29. The molecule has 0 aliphatic carbocycles. The molecule has 0 aromatic heterocycles. The van der Waals surface area contributed by atoms with Gasteiger partial charge in [-0.15, -0.1) is 0 Å². The lowest BCUT2D eigenvalue weighted by atomic mass is 10.0. The van der Waals surface area contributed by atoms with E-state index in [1.165, 1.54) is 5.56 Å². The summed E-state index contributed by atoms with van der Waals surface area (Å²) in [6, 6.07) is 14.5. The predicted molar refractivity (Wildman–Crippen MR) is 162 cm³/mol. The van der Waals surface area contributed by atoms with E-state index >= 15 is 0 Å². The molecular formula is C35H44O8. The van der Waals surface area contributed by atoms with Crippen LogP contribution in [-0.2, 0) is 69.7 Å². The molecule has 0 N–H and O–H groups in total. The van der Waals surface area contributed by atoms with Crippen molar-refractivity contribution in [3.05, 3.63) is 87.0 Å². The Kier molecular flexibility index (Phi) is 9.63. The average molecular weight is 593 g/mol. The molecule has 2 aliphatic rings. The van der Waals surface area contributed by atoms with Crippen molar-refractivity contribution in [3.63, 3.8) is 0 Å². The summed E-state index contributed by atoms with van der Waals surface area (Å²) in [5.74, 6) is 1.03. The number of methoxy groups -OCH3 is 1. The second kappa shape index (κ2) is 13.2. The topological polar surface area (TPSA) is 73.8 Å². The van der Waals surface area contributed by atoms with E-state index in [0.29, 0.717) is 45.4 Å². The molecule has 232 valence electrons. The zero-order valence-electron chi connectivity index (χ0n) is 26.5. The van der Waals surface area contributed by atoms with Gasteiger partial charge in [-0.05, 0) is 31.0 Å². The van der Waals surface area contributed by atoms with Gasteiger partial charge in [0.25, 0.3) is 0 Å². The Morgan fingerprint density at radius 2 is 1.26 bits per heavy atom. The Hall–Kier alpha value is -3.14. The van der Waals surface area contributed by atoms with Crippen LogP contribution in [0, 0.1) is 6.92 Å². The van der Waals surface area contributed by atoms with Gasteiger partial charge in [0.05, 0.1) is 39.6 Å². The number of hydrogen-bond acceptors (Lipinski definition) is 8. The van der Waals surface area contributed by atoms with E-state index in [9.17, 15) is 0 Å². The second-order valence-corrected chi connectivity index (χ2v) is 12.0. The fourth-order valence-electron chi connectivity index (χ4n) is 5.41.